The number of carbonyl (C=O) groups excluding carboxylic acids is 2. The molecule has 0 amide bonds. The number of para-hydroxylation sites is 1. The third-order valence-electron chi connectivity index (χ3n) is 5.34. The number of ether oxygens (including phenoxy) is 1. The second-order valence-electron chi connectivity index (χ2n) is 6.81. The molecule has 0 bridgehead atoms. The van der Waals surface area contributed by atoms with Gasteiger partial charge in [-0.2, -0.15) is 0 Å². The first-order valence-electron chi connectivity index (χ1n) is 9.46. The molecular formula is C21H30N2O3. The average Bonchev–Trinajstić information content (AvgIpc) is 3.03. The van der Waals surface area contributed by atoms with Crippen molar-refractivity contribution < 1.29 is 14.3 Å². The van der Waals surface area contributed by atoms with Crippen molar-refractivity contribution in [1.29, 1.82) is 0 Å². The molecule has 5 nitrogen and oxygen atoms in total. The van der Waals surface area contributed by atoms with Crippen LogP contribution in [-0.2, 0) is 20.7 Å². The Morgan fingerprint density at radius 1 is 1.23 bits per heavy atom. The Kier molecular flexibility index (Phi) is 6.98. The number of benzene rings is 1. The number of H-pyrrole nitrogens is 1. The van der Waals surface area contributed by atoms with Crippen LogP contribution in [0.5, 0.6) is 0 Å². The molecule has 1 heterocycles. The van der Waals surface area contributed by atoms with E-state index in [-0.39, 0.29) is 12.4 Å². The summed E-state index contributed by atoms with van der Waals surface area (Å²) in [7, 11) is 0. The molecule has 142 valence electrons. The van der Waals surface area contributed by atoms with Gasteiger partial charge >= 0.3 is 5.97 Å². The van der Waals surface area contributed by atoms with Crippen molar-refractivity contribution in [2.75, 3.05) is 6.61 Å². The fourth-order valence-electron chi connectivity index (χ4n) is 3.74. The van der Waals surface area contributed by atoms with Gasteiger partial charge < -0.3 is 15.5 Å². The summed E-state index contributed by atoms with van der Waals surface area (Å²) in [6, 6.07) is 7.72. The summed E-state index contributed by atoms with van der Waals surface area (Å²) in [6.45, 7) is 5.25. The zero-order valence-electron chi connectivity index (χ0n) is 16.0. The van der Waals surface area contributed by atoms with E-state index < -0.39 is 17.4 Å². The molecule has 26 heavy (non-hydrogen) atoms. The van der Waals surface area contributed by atoms with E-state index in [4.69, 9.17) is 10.5 Å². The highest BCUT2D eigenvalue weighted by atomic mass is 16.5. The standard InChI is InChI=1S/C21H30N2O3/c1-4-21(15(3)24,20(25)26-5-2)19(22)13-9-6-10-16-14-23-18-12-8-7-11-17(16)18/h7-8,11-12,14,19,23H,4-6,9-10,13,22H2,1-3H3. The molecule has 1 aromatic heterocycles. The third-order valence-corrected chi connectivity index (χ3v) is 5.34. The topological polar surface area (TPSA) is 85.2 Å². The van der Waals surface area contributed by atoms with E-state index in [1.54, 1.807) is 6.92 Å². The minimum absolute atomic E-state index is 0.206. The molecule has 0 aliphatic heterocycles. The molecule has 5 heteroatoms. The van der Waals surface area contributed by atoms with Crippen molar-refractivity contribution in [3.63, 3.8) is 0 Å². The molecule has 0 saturated carbocycles. The van der Waals surface area contributed by atoms with Crippen molar-refractivity contribution in [1.82, 2.24) is 4.98 Å². The third kappa shape index (κ3) is 3.98. The van der Waals surface area contributed by atoms with Crippen LogP contribution in [0.1, 0.15) is 52.0 Å². The summed E-state index contributed by atoms with van der Waals surface area (Å²) in [4.78, 5) is 27.9. The lowest BCUT2D eigenvalue weighted by atomic mass is 9.73. The van der Waals surface area contributed by atoms with Crippen molar-refractivity contribution in [2.45, 2.75) is 58.9 Å². The number of hydrogen-bond donors (Lipinski definition) is 2. The molecule has 0 radical (unpaired) electrons. The first-order chi connectivity index (χ1) is 12.5. The first-order valence-corrected chi connectivity index (χ1v) is 9.46. The summed E-state index contributed by atoms with van der Waals surface area (Å²) in [6.07, 6.45) is 5.79. The van der Waals surface area contributed by atoms with Crippen LogP contribution in [0, 0.1) is 5.41 Å². The van der Waals surface area contributed by atoms with Crippen LogP contribution in [0.3, 0.4) is 0 Å². The van der Waals surface area contributed by atoms with Gasteiger partial charge in [0, 0.05) is 23.1 Å². The number of unbranched alkanes of at least 4 members (excludes halogenated alkanes) is 1. The second-order valence-corrected chi connectivity index (χ2v) is 6.81. The predicted molar refractivity (Wildman–Crippen MR) is 104 cm³/mol. The Hall–Kier alpha value is -2.14. The van der Waals surface area contributed by atoms with Crippen LogP contribution < -0.4 is 5.73 Å². The molecule has 2 unspecified atom stereocenters. The van der Waals surface area contributed by atoms with E-state index in [2.05, 4.69) is 23.3 Å². The number of esters is 1. The van der Waals surface area contributed by atoms with Crippen LogP contribution >= 0.6 is 0 Å². The number of ketones is 1. The fraction of sp³-hybridized carbons (Fsp3) is 0.524. The maximum Gasteiger partial charge on any atom is 0.321 e. The lowest BCUT2D eigenvalue weighted by molar-refractivity contribution is -0.161. The van der Waals surface area contributed by atoms with E-state index in [1.165, 1.54) is 17.9 Å². The minimum Gasteiger partial charge on any atom is -0.465 e. The molecule has 2 atom stereocenters. The fourth-order valence-corrected chi connectivity index (χ4v) is 3.74. The molecule has 3 N–H and O–H groups in total. The minimum atomic E-state index is -1.23. The van der Waals surface area contributed by atoms with Crippen molar-refractivity contribution >= 4 is 22.7 Å². The summed E-state index contributed by atoms with van der Waals surface area (Å²) < 4.78 is 5.15. The van der Waals surface area contributed by atoms with Crippen molar-refractivity contribution in [3.8, 4) is 0 Å². The van der Waals surface area contributed by atoms with Gasteiger partial charge in [-0.3, -0.25) is 9.59 Å². The number of aromatic nitrogens is 1. The number of nitrogens with two attached hydrogens (primary N) is 1. The molecule has 2 aromatic rings. The monoisotopic (exact) mass is 358 g/mol. The van der Waals surface area contributed by atoms with Gasteiger partial charge in [-0.1, -0.05) is 31.5 Å². The quantitative estimate of drug-likeness (QED) is 0.385. The maximum atomic E-state index is 12.4. The lowest BCUT2D eigenvalue weighted by Gasteiger charge is -2.33. The van der Waals surface area contributed by atoms with Crippen LogP contribution in [-0.4, -0.2) is 29.4 Å². The highest BCUT2D eigenvalue weighted by Crippen LogP contribution is 2.32. The number of aryl methyl sites for hydroxylation is 1. The number of nitrogens with one attached hydrogen (secondary N) is 1. The van der Waals surface area contributed by atoms with Gasteiger partial charge in [0.25, 0.3) is 0 Å². The second kappa shape index (κ2) is 8.99. The lowest BCUT2D eigenvalue weighted by Crippen LogP contribution is -2.52. The summed E-state index contributed by atoms with van der Waals surface area (Å²) in [5.41, 5.74) is 7.52. The number of fused-ring (bicyclic) bond motifs is 1. The van der Waals surface area contributed by atoms with Gasteiger partial charge in [-0.05, 0) is 51.2 Å². The Labute approximate surface area is 155 Å². The van der Waals surface area contributed by atoms with Gasteiger partial charge in [0.1, 0.15) is 11.2 Å². The molecular weight excluding hydrogens is 328 g/mol. The molecule has 0 saturated heterocycles. The van der Waals surface area contributed by atoms with Crippen molar-refractivity contribution in [3.05, 3.63) is 36.0 Å². The zero-order valence-corrected chi connectivity index (χ0v) is 16.0. The highest BCUT2D eigenvalue weighted by Gasteiger charge is 2.48. The summed E-state index contributed by atoms with van der Waals surface area (Å²) in [5.74, 6) is -0.693. The van der Waals surface area contributed by atoms with Gasteiger partial charge in [-0.25, -0.2) is 0 Å². The molecule has 2 rings (SSSR count). The van der Waals surface area contributed by atoms with Gasteiger partial charge in [0.15, 0.2) is 0 Å². The molecule has 0 aliphatic rings. The number of carbonyl (C=O) groups is 2. The number of aromatic amines is 1. The predicted octanol–water partition coefficient (Wildman–Crippen LogP) is 3.76. The van der Waals surface area contributed by atoms with E-state index in [0.29, 0.717) is 12.8 Å². The number of hydrogen-bond acceptors (Lipinski definition) is 4. The zero-order chi connectivity index (χ0) is 19.2. The summed E-state index contributed by atoms with van der Waals surface area (Å²) >= 11 is 0. The Balaban J connectivity index is 1.96. The maximum absolute atomic E-state index is 12.4. The van der Waals surface area contributed by atoms with E-state index in [1.807, 2.05) is 19.1 Å². The number of Topliss-reactive ketones (excluding diaryl/α,β-unsaturated/α-hetero) is 1. The van der Waals surface area contributed by atoms with Crippen LogP contribution in [0.4, 0.5) is 0 Å². The Morgan fingerprint density at radius 3 is 2.62 bits per heavy atom. The first kappa shape index (κ1) is 20.2. The van der Waals surface area contributed by atoms with E-state index in [9.17, 15) is 9.59 Å². The molecule has 1 aromatic carbocycles. The van der Waals surface area contributed by atoms with Gasteiger partial charge in [-0.15, -0.1) is 0 Å². The van der Waals surface area contributed by atoms with Crippen LogP contribution in [0.2, 0.25) is 0 Å². The molecule has 0 fully saturated rings. The number of rotatable bonds is 10. The Morgan fingerprint density at radius 2 is 1.96 bits per heavy atom. The highest BCUT2D eigenvalue weighted by molar-refractivity contribution is 6.03. The largest absolute Gasteiger partial charge is 0.465 e. The normalized spacial score (nSPS) is 14.8. The SMILES string of the molecule is CCOC(=O)C(CC)(C(C)=O)C(N)CCCCc1c[nH]c2ccccc12. The smallest absolute Gasteiger partial charge is 0.321 e. The van der Waals surface area contributed by atoms with E-state index >= 15 is 0 Å². The Bertz CT molecular complexity index is 753. The van der Waals surface area contributed by atoms with Crippen LogP contribution in [0.25, 0.3) is 10.9 Å². The van der Waals surface area contributed by atoms with Gasteiger partial charge in [0.2, 0.25) is 0 Å². The van der Waals surface area contributed by atoms with E-state index in [0.717, 1.165) is 24.8 Å². The van der Waals surface area contributed by atoms with Crippen molar-refractivity contribution in [2.24, 2.45) is 11.1 Å². The average molecular weight is 358 g/mol. The summed E-state index contributed by atoms with van der Waals surface area (Å²) in [5, 5.41) is 1.25. The van der Waals surface area contributed by atoms with Gasteiger partial charge in [0.05, 0.1) is 6.61 Å². The van der Waals surface area contributed by atoms with Crippen LogP contribution in [0.15, 0.2) is 30.5 Å². The molecule has 0 aliphatic carbocycles. The molecule has 0 spiro atoms.